The molecule has 0 spiro atoms. The molecule has 0 N–H and O–H groups in total. The molecule has 0 saturated carbocycles. The van der Waals surface area contributed by atoms with Gasteiger partial charge in [0.1, 0.15) is 22.8 Å². The summed E-state index contributed by atoms with van der Waals surface area (Å²) in [6.45, 7) is 4.35. The highest BCUT2D eigenvalue weighted by Crippen LogP contribution is 2.29. The van der Waals surface area contributed by atoms with Crippen molar-refractivity contribution < 1.29 is 18.7 Å². The van der Waals surface area contributed by atoms with Crippen LogP contribution in [0.1, 0.15) is 28.5 Å². The minimum Gasteiger partial charge on any atom is -0.495 e. The average Bonchev–Trinajstić information content (AvgIpc) is 2.95. The maximum absolute atomic E-state index is 13.5. The number of aryl methyl sites for hydroxylation is 1. The van der Waals surface area contributed by atoms with Crippen molar-refractivity contribution in [2.45, 2.75) is 26.8 Å². The molecule has 0 bridgehead atoms. The zero-order valence-corrected chi connectivity index (χ0v) is 21.8. The van der Waals surface area contributed by atoms with Crippen molar-refractivity contribution in [1.29, 1.82) is 0 Å². The number of Topliss-reactive ketones (excluding diaryl/α,β-unsaturated/α-hetero) is 1. The quantitative estimate of drug-likeness (QED) is 0.227. The fraction of sp³-hybridized carbons (Fsp3) is 0.161. The second kappa shape index (κ2) is 10.9. The summed E-state index contributed by atoms with van der Waals surface area (Å²) in [6, 6.07) is 16.4. The normalized spacial score (nSPS) is 11.0. The van der Waals surface area contributed by atoms with E-state index in [1.165, 1.54) is 12.1 Å². The van der Waals surface area contributed by atoms with Crippen LogP contribution in [-0.4, -0.2) is 27.4 Å². The number of carbonyl (C=O) groups is 1. The van der Waals surface area contributed by atoms with Crippen molar-refractivity contribution in [3.8, 4) is 28.4 Å². The Morgan fingerprint density at radius 2 is 1.74 bits per heavy atom. The first-order valence-electron chi connectivity index (χ1n) is 12.5. The van der Waals surface area contributed by atoms with Gasteiger partial charge in [0, 0.05) is 48.7 Å². The molecule has 196 valence electrons. The van der Waals surface area contributed by atoms with Crippen LogP contribution in [0.3, 0.4) is 0 Å². The molecule has 0 fully saturated rings. The van der Waals surface area contributed by atoms with Crippen LogP contribution in [0.25, 0.3) is 22.2 Å². The number of hydrogen-bond acceptors (Lipinski definition) is 6. The summed E-state index contributed by atoms with van der Waals surface area (Å²) in [5.74, 6) is 1.03. The van der Waals surface area contributed by atoms with Crippen molar-refractivity contribution in [3.05, 3.63) is 112 Å². The molecular weight excluding hydrogens is 497 g/mol. The highest BCUT2D eigenvalue weighted by molar-refractivity contribution is 5.98. The van der Waals surface area contributed by atoms with Gasteiger partial charge in [0.2, 0.25) is 0 Å². The number of hydrogen-bond donors (Lipinski definition) is 0. The van der Waals surface area contributed by atoms with E-state index in [1.54, 1.807) is 74.2 Å². The number of pyridine rings is 3. The molecule has 7 nitrogen and oxygen atoms in total. The molecule has 0 saturated heterocycles. The van der Waals surface area contributed by atoms with Gasteiger partial charge in [-0.05, 0) is 49.2 Å². The number of rotatable bonds is 8. The summed E-state index contributed by atoms with van der Waals surface area (Å²) in [5.41, 5.74) is 3.43. The SMILES string of the molecule is CCn1cc(C(=O)Cc2ccc(Oc3ccnc4cc(OC)cnc34)cc2)c(=O)c(-c2ccc(F)cc2)c1C. The van der Waals surface area contributed by atoms with Crippen LogP contribution < -0.4 is 14.9 Å². The first kappa shape index (κ1) is 25.8. The number of nitrogens with zero attached hydrogens (tertiary/aromatic N) is 3. The summed E-state index contributed by atoms with van der Waals surface area (Å²) in [6.07, 6.45) is 4.90. The van der Waals surface area contributed by atoms with E-state index in [0.29, 0.717) is 46.0 Å². The van der Waals surface area contributed by atoms with Crippen molar-refractivity contribution >= 4 is 16.8 Å². The van der Waals surface area contributed by atoms with Gasteiger partial charge in [0.25, 0.3) is 0 Å². The second-order valence-corrected chi connectivity index (χ2v) is 9.02. The van der Waals surface area contributed by atoms with Gasteiger partial charge in [0.05, 0.1) is 24.4 Å². The minimum atomic E-state index is -0.388. The summed E-state index contributed by atoms with van der Waals surface area (Å²) in [4.78, 5) is 35.4. The van der Waals surface area contributed by atoms with E-state index >= 15 is 0 Å². The van der Waals surface area contributed by atoms with E-state index in [2.05, 4.69) is 9.97 Å². The highest BCUT2D eigenvalue weighted by atomic mass is 19.1. The lowest BCUT2D eigenvalue weighted by Gasteiger charge is -2.15. The Kier molecular flexibility index (Phi) is 7.19. The summed E-state index contributed by atoms with van der Waals surface area (Å²) in [7, 11) is 1.57. The minimum absolute atomic E-state index is 0.0463. The molecule has 0 unspecified atom stereocenters. The molecule has 0 aliphatic heterocycles. The largest absolute Gasteiger partial charge is 0.495 e. The molecule has 2 aromatic carbocycles. The number of fused-ring (bicyclic) bond motifs is 1. The monoisotopic (exact) mass is 523 g/mol. The third-order valence-corrected chi connectivity index (χ3v) is 6.59. The van der Waals surface area contributed by atoms with E-state index in [0.717, 1.165) is 11.3 Å². The first-order valence-corrected chi connectivity index (χ1v) is 12.5. The number of halogens is 1. The lowest BCUT2D eigenvalue weighted by atomic mass is 9.97. The number of methoxy groups -OCH3 is 1. The third kappa shape index (κ3) is 5.27. The Labute approximate surface area is 224 Å². The van der Waals surface area contributed by atoms with Crippen molar-refractivity contribution in [1.82, 2.24) is 14.5 Å². The van der Waals surface area contributed by atoms with Crippen molar-refractivity contribution in [2.75, 3.05) is 7.11 Å². The predicted octanol–water partition coefficient (Wildman–Crippen LogP) is 6.15. The zero-order valence-electron chi connectivity index (χ0n) is 21.8. The summed E-state index contributed by atoms with van der Waals surface area (Å²) < 4.78 is 26.6. The standard InChI is InChI=1S/C31H26FN3O4/c1-4-35-18-25(31(37)29(19(35)2)21-7-9-22(32)10-8-21)27(36)15-20-5-11-23(12-6-20)39-28-13-14-33-26-16-24(38-3)17-34-30(26)28/h5-14,16-18H,4,15H2,1-3H3. The van der Waals surface area contributed by atoms with E-state index in [1.807, 2.05) is 18.4 Å². The molecule has 8 heteroatoms. The Morgan fingerprint density at radius 3 is 2.44 bits per heavy atom. The summed E-state index contributed by atoms with van der Waals surface area (Å²) >= 11 is 0. The zero-order chi connectivity index (χ0) is 27.5. The molecule has 3 aromatic heterocycles. The van der Waals surface area contributed by atoms with Crippen molar-refractivity contribution in [2.24, 2.45) is 0 Å². The topological polar surface area (TPSA) is 83.3 Å². The summed E-state index contributed by atoms with van der Waals surface area (Å²) in [5, 5.41) is 0. The van der Waals surface area contributed by atoms with Crippen LogP contribution in [0.2, 0.25) is 0 Å². The fourth-order valence-electron chi connectivity index (χ4n) is 4.50. The van der Waals surface area contributed by atoms with Crippen LogP contribution in [0.5, 0.6) is 17.2 Å². The van der Waals surface area contributed by atoms with Gasteiger partial charge in [-0.25, -0.2) is 9.37 Å². The number of aromatic nitrogens is 3. The van der Waals surface area contributed by atoms with Crippen molar-refractivity contribution in [3.63, 3.8) is 0 Å². The lowest BCUT2D eigenvalue weighted by Crippen LogP contribution is -2.23. The van der Waals surface area contributed by atoms with Crippen LogP contribution in [0.15, 0.2) is 84.0 Å². The molecule has 5 rings (SSSR count). The van der Waals surface area contributed by atoms with Gasteiger partial charge in [-0.3, -0.25) is 14.6 Å². The molecule has 0 aliphatic carbocycles. The first-order chi connectivity index (χ1) is 18.9. The number of benzene rings is 2. The lowest BCUT2D eigenvalue weighted by molar-refractivity contribution is 0.0991. The van der Waals surface area contributed by atoms with E-state index < -0.39 is 0 Å². The van der Waals surface area contributed by atoms with E-state index in [9.17, 15) is 14.0 Å². The maximum Gasteiger partial charge on any atom is 0.200 e. The Morgan fingerprint density at radius 1 is 1.00 bits per heavy atom. The molecule has 3 heterocycles. The molecule has 5 aromatic rings. The Balaban J connectivity index is 1.39. The Bertz CT molecular complexity index is 1730. The third-order valence-electron chi connectivity index (χ3n) is 6.59. The van der Waals surface area contributed by atoms with Gasteiger partial charge < -0.3 is 14.0 Å². The van der Waals surface area contributed by atoms with Crippen LogP contribution in [-0.2, 0) is 13.0 Å². The van der Waals surface area contributed by atoms with Gasteiger partial charge >= 0.3 is 0 Å². The molecule has 0 radical (unpaired) electrons. The Hall–Kier alpha value is -4.85. The van der Waals surface area contributed by atoms with Crippen LogP contribution in [0.4, 0.5) is 4.39 Å². The van der Waals surface area contributed by atoms with Crippen LogP contribution in [0, 0.1) is 12.7 Å². The maximum atomic E-state index is 13.5. The smallest absolute Gasteiger partial charge is 0.200 e. The van der Waals surface area contributed by atoms with E-state index in [-0.39, 0.29) is 29.0 Å². The number of ether oxygens (including phenoxy) is 2. The van der Waals surface area contributed by atoms with Crippen LogP contribution >= 0.6 is 0 Å². The predicted molar refractivity (Wildman–Crippen MR) is 147 cm³/mol. The van der Waals surface area contributed by atoms with Gasteiger partial charge in [-0.1, -0.05) is 24.3 Å². The fourth-order valence-corrected chi connectivity index (χ4v) is 4.50. The average molecular weight is 524 g/mol. The molecule has 0 amide bonds. The van der Waals surface area contributed by atoms with E-state index in [4.69, 9.17) is 9.47 Å². The van der Waals surface area contributed by atoms with Gasteiger partial charge in [-0.15, -0.1) is 0 Å². The number of carbonyl (C=O) groups excluding carboxylic acids is 1. The highest BCUT2D eigenvalue weighted by Gasteiger charge is 2.19. The molecule has 0 aliphatic rings. The second-order valence-electron chi connectivity index (χ2n) is 9.02. The van der Waals surface area contributed by atoms with Gasteiger partial charge in [-0.2, -0.15) is 0 Å². The van der Waals surface area contributed by atoms with Gasteiger partial charge in [0.15, 0.2) is 17.0 Å². The molecule has 39 heavy (non-hydrogen) atoms. The molecule has 0 atom stereocenters. The number of ketones is 1. The molecular formula is C31H26FN3O4.